The lowest BCUT2D eigenvalue weighted by atomic mass is 10.1. The lowest BCUT2D eigenvalue weighted by Gasteiger charge is -2.26. The molecule has 0 bridgehead atoms. The van der Waals surface area contributed by atoms with Gasteiger partial charge in [-0.25, -0.2) is 0 Å². The van der Waals surface area contributed by atoms with Gasteiger partial charge in [-0.2, -0.15) is 0 Å². The molecule has 10 nitrogen and oxygen atoms in total. The third kappa shape index (κ3) is 36.1. The molecule has 0 aromatic carbocycles. The first-order valence-corrected chi connectivity index (χ1v) is 22.9. The van der Waals surface area contributed by atoms with Crippen molar-refractivity contribution in [1.82, 2.24) is 4.90 Å². The van der Waals surface area contributed by atoms with Gasteiger partial charge in [-0.1, -0.05) is 141 Å². The van der Waals surface area contributed by atoms with E-state index in [-0.39, 0.29) is 39.3 Å². The van der Waals surface area contributed by atoms with Crippen LogP contribution in [-0.4, -0.2) is 91.2 Å². The van der Waals surface area contributed by atoms with E-state index < -0.39 is 30.1 Å². The topological polar surface area (TPSA) is 149 Å². The molecule has 4 N–H and O–H groups in total. The van der Waals surface area contributed by atoms with Gasteiger partial charge in [-0.3, -0.25) is 19.3 Å². The first-order chi connectivity index (χ1) is 27.4. The zero-order chi connectivity index (χ0) is 41.2. The summed E-state index contributed by atoms with van der Waals surface area (Å²) >= 11 is 0. The second-order valence-corrected chi connectivity index (χ2v) is 15.4. The standard InChI is InChI=1S/C46H86N2O8/c1-3-5-7-9-11-13-15-17-19-21-23-25-27-29-31-33-43(51)55-41-42(54-40-37-48(35-38-49)36-39-50)45(46(47)53)56-44(52)34-32-30-28-26-24-22-20-18-16-14-12-10-8-6-4-2/h17-20,42,45,49-50H,3-16,21-41H2,1-2H3,(H2,47,53)/b19-17-,20-18-. The van der Waals surface area contributed by atoms with Crippen LogP contribution in [0.5, 0.6) is 0 Å². The number of allylic oxidation sites excluding steroid dienone is 4. The van der Waals surface area contributed by atoms with Gasteiger partial charge in [0.2, 0.25) is 6.10 Å². The fraction of sp³-hybridized carbons (Fsp3) is 0.848. The number of carbonyl (C=O) groups is 3. The van der Waals surface area contributed by atoms with Gasteiger partial charge in [-0.15, -0.1) is 0 Å². The van der Waals surface area contributed by atoms with Gasteiger partial charge < -0.3 is 30.2 Å². The van der Waals surface area contributed by atoms with Crippen LogP contribution in [0.1, 0.15) is 194 Å². The summed E-state index contributed by atoms with van der Waals surface area (Å²) in [7, 11) is 0. The van der Waals surface area contributed by atoms with Gasteiger partial charge in [0.25, 0.3) is 5.91 Å². The molecule has 2 unspecified atom stereocenters. The number of aliphatic hydroxyl groups is 2. The Morgan fingerprint density at radius 1 is 0.554 bits per heavy atom. The van der Waals surface area contributed by atoms with Crippen molar-refractivity contribution in [3.05, 3.63) is 24.3 Å². The van der Waals surface area contributed by atoms with E-state index in [4.69, 9.17) is 19.9 Å². The number of ether oxygens (including phenoxy) is 3. The van der Waals surface area contributed by atoms with Gasteiger partial charge in [0.05, 0.1) is 19.8 Å². The molecular weight excluding hydrogens is 709 g/mol. The van der Waals surface area contributed by atoms with E-state index in [1.165, 1.54) is 89.9 Å². The minimum absolute atomic E-state index is 0.0880. The van der Waals surface area contributed by atoms with Crippen molar-refractivity contribution in [1.29, 1.82) is 0 Å². The van der Waals surface area contributed by atoms with Gasteiger partial charge in [0.15, 0.2) is 0 Å². The van der Waals surface area contributed by atoms with Crippen LogP contribution in [0.3, 0.4) is 0 Å². The highest BCUT2D eigenvalue weighted by molar-refractivity contribution is 5.83. The molecule has 328 valence electrons. The van der Waals surface area contributed by atoms with Crippen molar-refractivity contribution in [2.24, 2.45) is 5.73 Å². The van der Waals surface area contributed by atoms with Crippen LogP contribution in [0.2, 0.25) is 0 Å². The Labute approximate surface area is 342 Å². The number of nitrogens with zero attached hydrogens (tertiary/aromatic N) is 1. The molecule has 56 heavy (non-hydrogen) atoms. The zero-order valence-electron chi connectivity index (χ0n) is 36.1. The summed E-state index contributed by atoms with van der Waals surface area (Å²) in [5, 5.41) is 18.7. The Bertz CT molecular complexity index is 953. The number of aliphatic hydroxyl groups excluding tert-OH is 2. The summed E-state index contributed by atoms with van der Waals surface area (Å²) in [6.07, 6.45) is 37.3. The maximum atomic E-state index is 12.8. The van der Waals surface area contributed by atoms with Crippen LogP contribution in [0.4, 0.5) is 0 Å². The molecule has 0 heterocycles. The van der Waals surface area contributed by atoms with E-state index in [0.29, 0.717) is 32.5 Å². The van der Waals surface area contributed by atoms with E-state index in [9.17, 15) is 24.6 Å². The lowest BCUT2D eigenvalue weighted by molar-refractivity contribution is -0.171. The number of nitrogens with two attached hydrogens (primary N) is 1. The summed E-state index contributed by atoms with van der Waals surface area (Å²) in [6, 6.07) is 0. The van der Waals surface area contributed by atoms with E-state index in [1.54, 1.807) is 4.90 Å². The van der Waals surface area contributed by atoms with Crippen LogP contribution in [0.25, 0.3) is 0 Å². The van der Waals surface area contributed by atoms with Crippen LogP contribution in [-0.2, 0) is 28.6 Å². The number of hydrogen-bond acceptors (Lipinski definition) is 9. The van der Waals surface area contributed by atoms with E-state index in [0.717, 1.165) is 64.2 Å². The zero-order valence-corrected chi connectivity index (χ0v) is 36.1. The van der Waals surface area contributed by atoms with Gasteiger partial charge in [-0.05, 0) is 64.2 Å². The summed E-state index contributed by atoms with van der Waals surface area (Å²) in [5.41, 5.74) is 5.68. The second-order valence-electron chi connectivity index (χ2n) is 15.4. The molecule has 0 saturated carbocycles. The molecule has 0 aliphatic carbocycles. The molecule has 0 fully saturated rings. The van der Waals surface area contributed by atoms with Crippen LogP contribution >= 0.6 is 0 Å². The van der Waals surface area contributed by atoms with Crippen LogP contribution in [0.15, 0.2) is 24.3 Å². The number of carbonyl (C=O) groups excluding carboxylic acids is 3. The second kappa shape index (κ2) is 42.3. The summed E-state index contributed by atoms with van der Waals surface area (Å²) < 4.78 is 17.0. The normalized spacial score (nSPS) is 12.9. The third-order valence-electron chi connectivity index (χ3n) is 10.1. The fourth-order valence-corrected chi connectivity index (χ4v) is 6.62. The first-order valence-electron chi connectivity index (χ1n) is 22.9. The van der Waals surface area contributed by atoms with Crippen molar-refractivity contribution in [3.63, 3.8) is 0 Å². The van der Waals surface area contributed by atoms with Gasteiger partial charge in [0, 0.05) is 32.5 Å². The Morgan fingerprint density at radius 2 is 0.946 bits per heavy atom. The van der Waals surface area contributed by atoms with E-state index >= 15 is 0 Å². The average Bonchev–Trinajstić information content (AvgIpc) is 3.18. The van der Waals surface area contributed by atoms with Gasteiger partial charge in [0.1, 0.15) is 12.7 Å². The smallest absolute Gasteiger partial charge is 0.306 e. The molecular formula is C46H86N2O8. The van der Waals surface area contributed by atoms with Gasteiger partial charge >= 0.3 is 11.9 Å². The minimum Gasteiger partial charge on any atom is -0.463 e. The number of primary amides is 1. The summed E-state index contributed by atoms with van der Waals surface area (Å²) in [6.45, 7) is 5.14. The van der Waals surface area contributed by atoms with Crippen molar-refractivity contribution < 1.29 is 38.8 Å². The molecule has 0 aromatic heterocycles. The number of amides is 1. The molecule has 0 rings (SSSR count). The van der Waals surface area contributed by atoms with Crippen molar-refractivity contribution in [3.8, 4) is 0 Å². The van der Waals surface area contributed by atoms with E-state index in [2.05, 4.69) is 38.2 Å². The Morgan fingerprint density at radius 3 is 1.36 bits per heavy atom. The average molecular weight is 795 g/mol. The lowest BCUT2D eigenvalue weighted by Crippen LogP contribution is -2.47. The monoisotopic (exact) mass is 795 g/mol. The van der Waals surface area contributed by atoms with Crippen LogP contribution < -0.4 is 5.73 Å². The first kappa shape index (κ1) is 53.7. The molecule has 0 aliphatic heterocycles. The molecule has 0 radical (unpaired) electrons. The molecule has 0 aromatic rings. The largest absolute Gasteiger partial charge is 0.463 e. The molecule has 0 saturated heterocycles. The molecule has 10 heteroatoms. The van der Waals surface area contributed by atoms with Crippen LogP contribution in [0, 0.1) is 0 Å². The maximum absolute atomic E-state index is 12.8. The number of rotatable bonds is 43. The fourth-order valence-electron chi connectivity index (χ4n) is 6.62. The van der Waals surface area contributed by atoms with Crippen molar-refractivity contribution in [2.45, 2.75) is 206 Å². The minimum atomic E-state index is -1.41. The number of esters is 2. The maximum Gasteiger partial charge on any atom is 0.306 e. The molecule has 0 spiro atoms. The SMILES string of the molecule is CCCCCCCC/C=C\CCCCCCCC(=O)OCC(OCCN(CCO)CCO)C(OC(=O)CCCCCCC/C=C\CCCCCCCC)C(N)=O. The highest BCUT2D eigenvalue weighted by Crippen LogP contribution is 2.14. The van der Waals surface area contributed by atoms with E-state index in [1.807, 2.05) is 0 Å². The molecule has 1 amide bonds. The highest BCUT2D eigenvalue weighted by Gasteiger charge is 2.32. The Hall–Kier alpha value is -2.27. The Kier molecular flexibility index (Phi) is 40.6. The molecule has 0 aliphatic rings. The predicted octanol–water partition coefficient (Wildman–Crippen LogP) is 9.67. The molecule has 2 atom stereocenters. The summed E-state index contributed by atoms with van der Waals surface area (Å²) in [5.74, 6) is -1.81. The highest BCUT2D eigenvalue weighted by atomic mass is 16.6. The number of unbranched alkanes of at least 4 members (excludes halogenated alkanes) is 22. The third-order valence-corrected chi connectivity index (χ3v) is 10.1. The Balaban J connectivity index is 4.58. The predicted molar refractivity (Wildman–Crippen MR) is 229 cm³/mol. The number of hydrogen-bond donors (Lipinski definition) is 3. The van der Waals surface area contributed by atoms with Crippen molar-refractivity contribution in [2.75, 3.05) is 46.1 Å². The summed E-state index contributed by atoms with van der Waals surface area (Å²) in [4.78, 5) is 39.7. The van der Waals surface area contributed by atoms with Crippen molar-refractivity contribution >= 4 is 17.8 Å². The quantitative estimate of drug-likeness (QED) is 0.0312.